The average Bonchev–Trinajstić information content (AvgIpc) is 2.65. The Hall–Kier alpha value is -2.43. The Kier molecular flexibility index (Phi) is 6.21. The number of aromatic nitrogens is 1. The molecule has 0 unspecified atom stereocenters. The number of pyridine rings is 1. The van der Waals surface area contributed by atoms with Crippen molar-refractivity contribution in [2.45, 2.75) is 20.0 Å². The summed E-state index contributed by atoms with van der Waals surface area (Å²) in [5.74, 6) is 0. The van der Waals surface area contributed by atoms with Crippen molar-refractivity contribution in [1.29, 1.82) is 0 Å². The van der Waals surface area contributed by atoms with Gasteiger partial charge in [-0.15, -0.1) is 0 Å². The van der Waals surface area contributed by atoms with Crippen LogP contribution in [0.1, 0.15) is 16.7 Å². The van der Waals surface area contributed by atoms with Crippen molar-refractivity contribution in [2.75, 3.05) is 5.32 Å². The maximum atomic E-state index is 6.27. The molecule has 0 aliphatic carbocycles. The Morgan fingerprint density at radius 2 is 1.81 bits per heavy atom. The van der Waals surface area contributed by atoms with Crippen molar-refractivity contribution in [1.82, 2.24) is 9.88 Å². The van der Waals surface area contributed by atoms with E-state index < -0.39 is 0 Å². The van der Waals surface area contributed by atoms with Crippen molar-refractivity contribution in [2.24, 2.45) is 0 Å². The van der Waals surface area contributed by atoms with Gasteiger partial charge in [0.15, 0.2) is 5.11 Å². The van der Waals surface area contributed by atoms with Crippen LogP contribution < -0.4 is 5.32 Å². The minimum Gasteiger partial charge on any atom is -0.340 e. The minimum absolute atomic E-state index is 0.630. The van der Waals surface area contributed by atoms with E-state index in [0.717, 1.165) is 11.3 Å². The normalized spacial score (nSPS) is 10.4. The lowest BCUT2D eigenvalue weighted by atomic mass is 10.1. The van der Waals surface area contributed by atoms with Crippen LogP contribution >= 0.6 is 23.8 Å². The van der Waals surface area contributed by atoms with Gasteiger partial charge in [-0.3, -0.25) is 4.98 Å². The first-order chi connectivity index (χ1) is 12.6. The fourth-order valence-corrected chi connectivity index (χ4v) is 3.08. The van der Waals surface area contributed by atoms with Crippen molar-refractivity contribution >= 4 is 34.6 Å². The topological polar surface area (TPSA) is 28.2 Å². The van der Waals surface area contributed by atoms with Crippen molar-refractivity contribution in [3.05, 3.63) is 94.8 Å². The molecule has 0 spiro atoms. The third kappa shape index (κ3) is 4.81. The van der Waals surface area contributed by atoms with Gasteiger partial charge in [0, 0.05) is 25.5 Å². The highest BCUT2D eigenvalue weighted by Crippen LogP contribution is 2.22. The van der Waals surface area contributed by atoms with Gasteiger partial charge in [-0.1, -0.05) is 54.1 Å². The van der Waals surface area contributed by atoms with Crippen LogP contribution in [0.15, 0.2) is 73.1 Å². The maximum absolute atomic E-state index is 6.27. The van der Waals surface area contributed by atoms with E-state index in [4.69, 9.17) is 23.8 Å². The van der Waals surface area contributed by atoms with Crippen LogP contribution in [0, 0.1) is 6.92 Å². The number of halogens is 1. The second-order valence-corrected chi connectivity index (χ2v) is 6.85. The Bertz CT molecular complexity index is 883. The second kappa shape index (κ2) is 8.79. The van der Waals surface area contributed by atoms with Gasteiger partial charge in [0.05, 0.1) is 10.7 Å². The third-order valence-electron chi connectivity index (χ3n) is 4.12. The number of hydrogen-bond acceptors (Lipinski definition) is 2. The van der Waals surface area contributed by atoms with Gasteiger partial charge in [0.2, 0.25) is 0 Å². The van der Waals surface area contributed by atoms with Crippen LogP contribution in [0.4, 0.5) is 5.69 Å². The molecule has 0 aliphatic heterocycles. The summed E-state index contributed by atoms with van der Waals surface area (Å²) in [6.45, 7) is 3.48. The van der Waals surface area contributed by atoms with Gasteiger partial charge in [-0.2, -0.15) is 0 Å². The van der Waals surface area contributed by atoms with Gasteiger partial charge in [-0.05, 0) is 54.0 Å². The van der Waals surface area contributed by atoms with Gasteiger partial charge in [0.1, 0.15) is 0 Å². The standard InChI is InChI=1S/C21H20ClN3S/c1-16-7-2-3-9-18(16)15-25(14-17-8-6-12-23-13-17)21(26)24-20-11-5-4-10-19(20)22/h2-13H,14-15H2,1H3,(H,24,26). The smallest absolute Gasteiger partial charge is 0.174 e. The summed E-state index contributed by atoms with van der Waals surface area (Å²) >= 11 is 12.0. The number of hydrogen-bond donors (Lipinski definition) is 1. The highest BCUT2D eigenvalue weighted by atomic mass is 35.5. The van der Waals surface area contributed by atoms with Crippen LogP contribution in [-0.4, -0.2) is 15.0 Å². The zero-order valence-corrected chi connectivity index (χ0v) is 16.1. The highest BCUT2D eigenvalue weighted by molar-refractivity contribution is 7.80. The third-order valence-corrected chi connectivity index (χ3v) is 4.81. The zero-order valence-electron chi connectivity index (χ0n) is 14.5. The number of thiocarbonyl (C=S) groups is 1. The monoisotopic (exact) mass is 381 g/mol. The van der Waals surface area contributed by atoms with Crippen molar-refractivity contribution < 1.29 is 0 Å². The van der Waals surface area contributed by atoms with Crippen LogP contribution in [0.2, 0.25) is 5.02 Å². The van der Waals surface area contributed by atoms with Crippen LogP contribution in [-0.2, 0) is 13.1 Å². The average molecular weight is 382 g/mol. The highest BCUT2D eigenvalue weighted by Gasteiger charge is 2.14. The van der Waals surface area contributed by atoms with Crippen LogP contribution in [0.25, 0.3) is 0 Å². The van der Waals surface area contributed by atoms with E-state index >= 15 is 0 Å². The number of aryl methyl sites for hydroxylation is 1. The van der Waals surface area contributed by atoms with Gasteiger partial charge < -0.3 is 10.2 Å². The van der Waals surface area contributed by atoms with Crippen molar-refractivity contribution in [3.8, 4) is 0 Å². The molecule has 1 N–H and O–H groups in total. The predicted octanol–water partition coefficient (Wildman–Crippen LogP) is 5.44. The molecule has 3 aromatic rings. The molecule has 0 atom stereocenters. The summed E-state index contributed by atoms with van der Waals surface area (Å²) in [5, 5.41) is 4.55. The van der Waals surface area contributed by atoms with E-state index in [0.29, 0.717) is 23.2 Å². The Morgan fingerprint density at radius 3 is 2.54 bits per heavy atom. The van der Waals surface area contributed by atoms with E-state index in [9.17, 15) is 0 Å². The summed E-state index contributed by atoms with van der Waals surface area (Å²) in [6, 6.07) is 19.9. The van der Waals surface area contributed by atoms with Crippen LogP contribution in [0.3, 0.4) is 0 Å². The molecule has 2 aromatic carbocycles. The summed E-state index contributed by atoms with van der Waals surface area (Å²) in [6.07, 6.45) is 3.64. The Morgan fingerprint density at radius 1 is 1.04 bits per heavy atom. The lowest BCUT2D eigenvalue weighted by Gasteiger charge is -2.27. The molecule has 3 rings (SSSR count). The van der Waals surface area contributed by atoms with Gasteiger partial charge in [0.25, 0.3) is 0 Å². The first kappa shape index (κ1) is 18.4. The number of rotatable bonds is 5. The molecule has 132 valence electrons. The molecule has 0 fully saturated rings. The fourth-order valence-electron chi connectivity index (χ4n) is 2.66. The number of benzene rings is 2. The second-order valence-electron chi connectivity index (χ2n) is 6.05. The molecular formula is C21H20ClN3S. The molecule has 5 heteroatoms. The molecular weight excluding hydrogens is 362 g/mol. The minimum atomic E-state index is 0.630. The molecule has 0 aliphatic rings. The Labute approximate surface area is 164 Å². The van der Waals surface area contributed by atoms with Crippen LogP contribution in [0.5, 0.6) is 0 Å². The number of nitrogens with zero attached hydrogens (tertiary/aromatic N) is 2. The molecule has 0 saturated heterocycles. The van der Waals surface area contributed by atoms with Crippen molar-refractivity contribution in [3.63, 3.8) is 0 Å². The van der Waals surface area contributed by atoms with Gasteiger partial charge >= 0.3 is 0 Å². The summed E-state index contributed by atoms with van der Waals surface area (Å²) in [5.41, 5.74) is 4.38. The lowest BCUT2D eigenvalue weighted by molar-refractivity contribution is 0.411. The molecule has 1 aromatic heterocycles. The quantitative estimate of drug-likeness (QED) is 0.595. The first-order valence-corrected chi connectivity index (χ1v) is 9.16. The molecule has 26 heavy (non-hydrogen) atoms. The zero-order chi connectivity index (χ0) is 18.4. The summed E-state index contributed by atoms with van der Waals surface area (Å²) in [7, 11) is 0. The fraction of sp³-hybridized carbons (Fsp3) is 0.143. The van der Waals surface area contributed by atoms with E-state index in [-0.39, 0.29) is 0 Å². The van der Waals surface area contributed by atoms with E-state index in [1.807, 2.05) is 42.6 Å². The number of anilines is 1. The summed E-state index contributed by atoms with van der Waals surface area (Å²) < 4.78 is 0. The summed E-state index contributed by atoms with van der Waals surface area (Å²) in [4.78, 5) is 6.33. The molecule has 1 heterocycles. The Balaban J connectivity index is 1.83. The predicted molar refractivity (Wildman–Crippen MR) is 112 cm³/mol. The SMILES string of the molecule is Cc1ccccc1CN(Cc1cccnc1)C(=S)Nc1ccccc1Cl. The first-order valence-electron chi connectivity index (χ1n) is 8.37. The molecule has 0 bridgehead atoms. The number of para-hydroxylation sites is 1. The van der Waals surface area contributed by atoms with E-state index in [1.165, 1.54) is 11.1 Å². The number of nitrogens with one attached hydrogen (secondary N) is 1. The molecule has 0 saturated carbocycles. The molecule has 0 amide bonds. The molecule has 0 radical (unpaired) electrons. The van der Waals surface area contributed by atoms with E-state index in [2.05, 4.69) is 46.4 Å². The largest absolute Gasteiger partial charge is 0.340 e. The van der Waals surface area contributed by atoms with Gasteiger partial charge in [-0.25, -0.2) is 0 Å². The molecule has 3 nitrogen and oxygen atoms in total. The lowest BCUT2D eigenvalue weighted by Crippen LogP contribution is -2.34. The maximum Gasteiger partial charge on any atom is 0.174 e. The van der Waals surface area contributed by atoms with E-state index in [1.54, 1.807) is 6.20 Å².